The maximum atomic E-state index is 12.6. The van der Waals surface area contributed by atoms with Crippen LogP contribution in [0, 0.1) is 0 Å². The lowest BCUT2D eigenvalue weighted by molar-refractivity contribution is -0.136. The van der Waals surface area contributed by atoms with E-state index in [2.05, 4.69) is 5.32 Å². The molecule has 0 heterocycles. The first-order valence-electron chi connectivity index (χ1n) is 5.31. The molecule has 2 amide bonds. The van der Waals surface area contributed by atoms with Crippen LogP contribution in [0.1, 0.15) is 5.56 Å². The van der Waals surface area contributed by atoms with Crippen LogP contribution in [0.2, 0.25) is 0 Å². The third kappa shape index (κ3) is 5.45. The van der Waals surface area contributed by atoms with Crippen LogP contribution < -0.4 is 15.8 Å². The molecule has 0 spiro atoms. The lowest BCUT2D eigenvalue weighted by Gasteiger charge is -2.13. The molecular weight excluding hydrogens is 299 g/mol. The highest BCUT2D eigenvalue weighted by atomic mass is 32.2. The summed E-state index contributed by atoms with van der Waals surface area (Å²) in [6.07, 6.45) is -4.61. The smallest absolute Gasteiger partial charge is 0.337 e. The van der Waals surface area contributed by atoms with Crippen LogP contribution in [-0.4, -0.2) is 26.7 Å². The number of sulfonamides is 1. The van der Waals surface area contributed by atoms with Crippen LogP contribution in [0.4, 0.5) is 23.7 Å². The molecule has 0 atom stereocenters. The summed E-state index contributed by atoms with van der Waals surface area (Å²) in [5.41, 5.74) is -1.42. The van der Waals surface area contributed by atoms with Crippen LogP contribution in [0.15, 0.2) is 24.3 Å². The highest BCUT2D eigenvalue weighted by Gasteiger charge is 2.33. The van der Waals surface area contributed by atoms with Crippen molar-refractivity contribution < 1.29 is 26.4 Å². The Balaban J connectivity index is 2.68. The van der Waals surface area contributed by atoms with Gasteiger partial charge in [0.05, 0.1) is 17.0 Å². The third-order valence-corrected chi connectivity index (χ3v) is 2.93. The first-order valence-corrected chi connectivity index (χ1v) is 7.03. The van der Waals surface area contributed by atoms with E-state index >= 15 is 0 Å². The van der Waals surface area contributed by atoms with Gasteiger partial charge in [0, 0.05) is 6.54 Å². The number of carbonyl (C=O) groups excluding carboxylic acids is 1. The highest BCUT2D eigenvalue weighted by molar-refractivity contribution is 7.89. The zero-order valence-electron chi connectivity index (χ0n) is 10.1. The van der Waals surface area contributed by atoms with Crippen molar-refractivity contribution in [2.24, 2.45) is 5.14 Å². The maximum Gasteiger partial charge on any atom is 0.418 e. The second-order valence-electron chi connectivity index (χ2n) is 3.79. The summed E-state index contributed by atoms with van der Waals surface area (Å²) in [5, 5.41) is 8.79. The maximum absolute atomic E-state index is 12.6. The molecule has 1 aromatic rings. The van der Waals surface area contributed by atoms with Crippen LogP contribution in [0.5, 0.6) is 0 Å². The summed E-state index contributed by atoms with van der Waals surface area (Å²) < 4.78 is 59.1. The van der Waals surface area contributed by atoms with Crippen molar-refractivity contribution in [3.05, 3.63) is 29.8 Å². The lowest BCUT2D eigenvalue weighted by Crippen LogP contribution is -2.34. The van der Waals surface area contributed by atoms with Gasteiger partial charge < -0.3 is 10.6 Å². The summed E-state index contributed by atoms with van der Waals surface area (Å²) in [4.78, 5) is 11.4. The van der Waals surface area contributed by atoms with Crippen molar-refractivity contribution in [2.75, 3.05) is 17.6 Å². The molecule has 0 radical (unpaired) electrons. The molecule has 0 unspecified atom stereocenters. The van der Waals surface area contributed by atoms with Gasteiger partial charge in [-0.15, -0.1) is 0 Å². The first-order chi connectivity index (χ1) is 9.09. The SMILES string of the molecule is NS(=O)(=O)CCNC(=O)Nc1ccccc1C(F)(F)F. The van der Waals surface area contributed by atoms with E-state index in [1.807, 2.05) is 5.32 Å². The Kier molecular flexibility index (Phi) is 4.95. The normalized spacial score (nSPS) is 12.0. The standard InChI is InChI=1S/C10H12F3N3O3S/c11-10(12,13)7-3-1-2-4-8(7)16-9(17)15-5-6-20(14,18)19/h1-4H,5-6H2,(H2,14,18,19)(H2,15,16,17). The molecule has 0 aliphatic rings. The summed E-state index contributed by atoms with van der Waals surface area (Å²) in [6, 6.07) is 3.47. The Morgan fingerprint density at radius 2 is 1.85 bits per heavy atom. The predicted octanol–water partition coefficient (Wildman–Crippen LogP) is 1.12. The quantitative estimate of drug-likeness (QED) is 0.776. The van der Waals surface area contributed by atoms with Gasteiger partial charge in [-0.2, -0.15) is 13.2 Å². The number of halogens is 3. The molecule has 0 saturated carbocycles. The number of anilines is 1. The molecule has 0 aromatic heterocycles. The number of carbonyl (C=O) groups is 1. The fraction of sp³-hybridized carbons (Fsp3) is 0.300. The number of nitrogens with two attached hydrogens (primary N) is 1. The Labute approximate surface area is 113 Å². The van der Waals surface area contributed by atoms with E-state index in [1.54, 1.807) is 0 Å². The minimum Gasteiger partial charge on any atom is -0.337 e. The number of nitrogens with one attached hydrogen (secondary N) is 2. The van der Waals surface area contributed by atoms with Crippen LogP contribution in [0.25, 0.3) is 0 Å². The monoisotopic (exact) mass is 311 g/mol. The van der Waals surface area contributed by atoms with Crippen molar-refractivity contribution >= 4 is 21.7 Å². The van der Waals surface area contributed by atoms with E-state index in [4.69, 9.17) is 5.14 Å². The fourth-order valence-corrected chi connectivity index (χ4v) is 1.70. The number of primary sulfonamides is 1. The van der Waals surface area contributed by atoms with E-state index in [-0.39, 0.29) is 6.54 Å². The van der Waals surface area contributed by atoms with E-state index in [1.165, 1.54) is 12.1 Å². The Hall–Kier alpha value is -1.81. The molecule has 0 aliphatic carbocycles. The van der Waals surface area contributed by atoms with Crippen molar-refractivity contribution in [1.29, 1.82) is 0 Å². The van der Waals surface area contributed by atoms with Crippen LogP contribution >= 0.6 is 0 Å². The molecule has 0 saturated heterocycles. The second kappa shape index (κ2) is 6.09. The topological polar surface area (TPSA) is 101 Å². The highest BCUT2D eigenvalue weighted by Crippen LogP contribution is 2.34. The average Bonchev–Trinajstić information content (AvgIpc) is 2.26. The number of amides is 2. The third-order valence-electron chi connectivity index (χ3n) is 2.15. The minimum absolute atomic E-state index is 0.307. The number of benzene rings is 1. The van der Waals surface area contributed by atoms with Crippen LogP contribution in [-0.2, 0) is 16.2 Å². The van der Waals surface area contributed by atoms with Gasteiger partial charge in [0.1, 0.15) is 0 Å². The first kappa shape index (κ1) is 16.2. The van der Waals surface area contributed by atoms with Crippen LogP contribution in [0.3, 0.4) is 0 Å². The van der Waals surface area contributed by atoms with Crippen molar-refractivity contribution in [2.45, 2.75) is 6.18 Å². The largest absolute Gasteiger partial charge is 0.418 e. The fourth-order valence-electron chi connectivity index (χ4n) is 1.31. The average molecular weight is 311 g/mol. The molecule has 112 valence electrons. The number of alkyl halides is 3. The van der Waals surface area contributed by atoms with Crippen molar-refractivity contribution in [1.82, 2.24) is 5.32 Å². The molecule has 0 fully saturated rings. The van der Waals surface area contributed by atoms with Gasteiger partial charge in [-0.1, -0.05) is 12.1 Å². The zero-order valence-corrected chi connectivity index (χ0v) is 10.9. The van der Waals surface area contributed by atoms with Gasteiger partial charge >= 0.3 is 12.2 Å². The van der Waals surface area contributed by atoms with E-state index in [9.17, 15) is 26.4 Å². The van der Waals surface area contributed by atoms with Crippen molar-refractivity contribution in [3.63, 3.8) is 0 Å². The van der Waals surface area contributed by atoms with Gasteiger partial charge in [0.2, 0.25) is 10.0 Å². The molecule has 6 nitrogen and oxygen atoms in total. The predicted molar refractivity (Wildman–Crippen MR) is 66.4 cm³/mol. The number of hydrogen-bond acceptors (Lipinski definition) is 3. The van der Waals surface area contributed by atoms with Gasteiger partial charge in [0.15, 0.2) is 0 Å². The Morgan fingerprint density at radius 1 is 1.25 bits per heavy atom. The van der Waals surface area contributed by atoms with E-state index in [0.29, 0.717) is 0 Å². The number of urea groups is 1. The number of rotatable bonds is 4. The molecule has 20 heavy (non-hydrogen) atoms. The Morgan fingerprint density at radius 3 is 2.40 bits per heavy atom. The molecule has 0 bridgehead atoms. The number of hydrogen-bond donors (Lipinski definition) is 3. The summed E-state index contributed by atoms with van der Waals surface area (Å²) in [6.45, 7) is -0.307. The molecule has 4 N–H and O–H groups in total. The minimum atomic E-state index is -4.61. The molecule has 0 aliphatic heterocycles. The van der Waals surface area contributed by atoms with Gasteiger partial charge in [-0.05, 0) is 12.1 Å². The second-order valence-corrected chi connectivity index (χ2v) is 5.53. The molecule has 10 heteroatoms. The van der Waals surface area contributed by atoms with Gasteiger partial charge in [0.25, 0.3) is 0 Å². The lowest BCUT2D eigenvalue weighted by atomic mass is 10.1. The zero-order chi connectivity index (χ0) is 15.4. The summed E-state index contributed by atoms with van der Waals surface area (Å²) in [7, 11) is -3.75. The summed E-state index contributed by atoms with van der Waals surface area (Å²) in [5.74, 6) is -0.513. The van der Waals surface area contributed by atoms with E-state index < -0.39 is 39.2 Å². The number of para-hydroxylation sites is 1. The molecule has 1 rings (SSSR count). The van der Waals surface area contributed by atoms with Gasteiger partial charge in [-0.3, -0.25) is 0 Å². The van der Waals surface area contributed by atoms with Gasteiger partial charge in [-0.25, -0.2) is 18.4 Å². The Bertz CT molecular complexity index is 587. The van der Waals surface area contributed by atoms with Crippen molar-refractivity contribution in [3.8, 4) is 0 Å². The molecule has 1 aromatic carbocycles. The molecular formula is C10H12F3N3O3S. The van der Waals surface area contributed by atoms with E-state index in [0.717, 1.165) is 12.1 Å². The summed E-state index contributed by atoms with van der Waals surface area (Å²) >= 11 is 0.